The van der Waals surface area contributed by atoms with Crippen LogP contribution >= 0.6 is 15.9 Å². The summed E-state index contributed by atoms with van der Waals surface area (Å²) in [5, 5.41) is 9.87. The first-order chi connectivity index (χ1) is 9.35. The molecule has 20 heavy (non-hydrogen) atoms. The van der Waals surface area contributed by atoms with Gasteiger partial charge in [-0.1, -0.05) is 22.0 Å². The van der Waals surface area contributed by atoms with Crippen LogP contribution in [-0.2, 0) is 6.54 Å². The van der Waals surface area contributed by atoms with Crippen molar-refractivity contribution in [3.05, 3.63) is 28.2 Å². The lowest BCUT2D eigenvalue weighted by Crippen LogP contribution is -2.50. The third-order valence-electron chi connectivity index (χ3n) is 3.61. The molecule has 112 valence electrons. The average Bonchev–Trinajstić information content (AvgIpc) is 2.34. The molecular formula is C15H24BrN3O. The summed E-state index contributed by atoms with van der Waals surface area (Å²) in [4.78, 5) is 4.73. The first-order valence-electron chi connectivity index (χ1n) is 7.05. The average molecular weight is 342 g/mol. The number of hydrogen-bond donors (Lipinski definition) is 2. The van der Waals surface area contributed by atoms with Crippen molar-refractivity contribution in [2.45, 2.75) is 26.0 Å². The van der Waals surface area contributed by atoms with Crippen LogP contribution in [0.2, 0.25) is 0 Å². The van der Waals surface area contributed by atoms with Gasteiger partial charge >= 0.3 is 0 Å². The van der Waals surface area contributed by atoms with E-state index in [0.29, 0.717) is 0 Å². The van der Waals surface area contributed by atoms with Crippen molar-refractivity contribution in [2.24, 2.45) is 0 Å². The monoisotopic (exact) mass is 341 g/mol. The van der Waals surface area contributed by atoms with E-state index in [1.54, 1.807) is 0 Å². The smallest absolute Gasteiger partial charge is 0.0718 e. The van der Waals surface area contributed by atoms with Gasteiger partial charge in [0.05, 0.1) is 5.60 Å². The molecule has 5 heteroatoms. The Morgan fingerprint density at radius 2 is 1.80 bits per heavy atom. The molecule has 0 aromatic heterocycles. The van der Waals surface area contributed by atoms with Crippen LogP contribution in [0.4, 0.5) is 5.69 Å². The van der Waals surface area contributed by atoms with E-state index in [1.807, 2.05) is 32.0 Å². The molecule has 1 aliphatic heterocycles. The first-order valence-corrected chi connectivity index (χ1v) is 7.84. The molecule has 1 fully saturated rings. The molecule has 0 saturated carbocycles. The van der Waals surface area contributed by atoms with E-state index in [-0.39, 0.29) is 0 Å². The minimum Gasteiger partial charge on any atom is -0.398 e. The summed E-state index contributed by atoms with van der Waals surface area (Å²) in [6, 6.07) is 5.95. The second kappa shape index (κ2) is 6.43. The molecule has 2 rings (SSSR count). The number of piperazine rings is 1. The zero-order chi connectivity index (χ0) is 14.8. The molecule has 1 saturated heterocycles. The molecule has 0 unspecified atom stereocenters. The van der Waals surface area contributed by atoms with E-state index in [0.717, 1.165) is 49.4 Å². The highest BCUT2D eigenvalue weighted by Crippen LogP contribution is 2.24. The van der Waals surface area contributed by atoms with E-state index in [4.69, 9.17) is 5.73 Å². The zero-order valence-corrected chi connectivity index (χ0v) is 13.9. The quantitative estimate of drug-likeness (QED) is 0.821. The van der Waals surface area contributed by atoms with Gasteiger partial charge in [0, 0.05) is 55.0 Å². The van der Waals surface area contributed by atoms with Gasteiger partial charge < -0.3 is 10.8 Å². The third-order valence-corrected chi connectivity index (χ3v) is 4.36. The van der Waals surface area contributed by atoms with Crippen molar-refractivity contribution in [1.82, 2.24) is 9.80 Å². The van der Waals surface area contributed by atoms with E-state index in [2.05, 4.69) is 25.7 Å². The number of benzene rings is 1. The highest BCUT2D eigenvalue weighted by molar-refractivity contribution is 9.10. The van der Waals surface area contributed by atoms with Gasteiger partial charge in [0.15, 0.2) is 0 Å². The van der Waals surface area contributed by atoms with Gasteiger partial charge in [-0.25, -0.2) is 0 Å². The number of halogens is 1. The Kier molecular flexibility index (Phi) is 5.07. The normalized spacial score (nSPS) is 18.4. The van der Waals surface area contributed by atoms with Gasteiger partial charge in [-0.05, 0) is 26.0 Å². The highest BCUT2D eigenvalue weighted by Gasteiger charge is 2.23. The fraction of sp³-hybridized carbons (Fsp3) is 0.600. The number of nitrogens with two attached hydrogens (primary N) is 1. The highest BCUT2D eigenvalue weighted by atomic mass is 79.9. The van der Waals surface area contributed by atoms with Gasteiger partial charge in [0.1, 0.15) is 0 Å². The van der Waals surface area contributed by atoms with Crippen molar-refractivity contribution in [3.63, 3.8) is 0 Å². The maximum atomic E-state index is 9.87. The summed E-state index contributed by atoms with van der Waals surface area (Å²) in [6.45, 7) is 9.35. The van der Waals surface area contributed by atoms with E-state index < -0.39 is 5.60 Å². The number of β-amino-alcohol motifs (C(OH)–C–C–N with tert-alkyl or cyclic N) is 1. The molecule has 1 aromatic rings. The van der Waals surface area contributed by atoms with Crippen LogP contribution in [0, 0.1) is 0 Å². The van der Waals surface area contributed by atoms with Gasteiger partial charge in [-0.2, -0.15) is 0 Å². The van der Waals surface area contributed by atoms with Crippen molar-refractivity contribution in [2.75, 3.05) is 38.5 Å². The van der Waals surface area contributed by atoms with E-state index in [1.165, 1.54) is 5.56 Å². The minimum atomic E-state index is -0.616. The largest absolute Gasteiger partial charge is 0.398 e. The first kappa shape index (κ1) is 15.8. The SMILES string of the molecule is CC(C)(O)CN1CCN(Cc2c(N)cccc2Br)CC1. The van der Waals surface area contributed by atoms with Gasteiger partial charge in [0.25, 0.3) is 0 Å². The van der Waals surface area contributed by atoms with Crippen LogP contribution < -0.4 is 5.73 Å². The number of anilines is 1. The summed E-state index contributed by atoms with van der Waals surface area (Å²) in [6.07, 6.45) is 0. The van der Waals surface area contributed by atoms with Crippen molar-refractivity contribution in [3.8, 4) is 0 Å². The molecule has 1 heterocycles. The second-order valence-electron chi connectivity index (χ2n) is 6.17. The molecule has 0 bridgehead atoms. The molecular weight excluding hydrogens is 318 g/mol. The van der Waals surface area contributed by atoms with E-state index in [9.17, 15) is 5.11 Å². The van der Waals surface area contributed by atoms with Crippen molar-refractivity contribution < 1.29 is 5.11 Å². The fourth-order valence-corrected chi connectivity index (χ4v) is 3.13. The van der Waals surface area contributed by atoms with Crippen LogP contribution in [0.15, 0.2) is 22.7 Å². The van der Waals surface area contributed by atoms with Gasteiger partial charge in [0.2, 0.25) is 0 Å². The third kappa shape index (κ3) is 4.45. The fourth-order valence-electron chi connectivity index (χ4n) is 2.62. The maximum absolute atomic E-state index is 9.87. The van der Waals surface area contributed by atoms with Crippen LogP contribution in [0.25, 0.3) is 0 Å². The molecule has 0 amide bonds. The lowest BCUT2D eigenvalue weighted by Gasteiger charge is -2.37. The summed E-state index contributed by atoms with van der Waals surface area (Å²) in [7, 11) is 0. The molecule has 3 N–H and O–H groups in total. The molecule has 0 atom stereocenters. The lowest BCUT2D eigenvalue weighted by molar-refractivity contribution is 0.0167. The zero-order valence-electron chi connectivity index (χ0n) is 12.3. The topological polar surface area (TPSA) is 52.7 Å². The van der Waals surface area contributed by atoms with Crippen LogP contribution in [0.3, 0.4) is 0 Å². The molecule has 4 nitrogen and oxygen atoms in total. The summed E-state index contributed by atoms with van der Waals surface area (Å²) in [5.41, 5.74) is 7.45. The predicted molar refractivity (Wildman–Crippen MR) is 86.6 cm³/mol. The summed E-state index contributed by atoms with van der Waals surface area (Å²) >= 11 is 3.58. The number of aliphatic hydroxyl groups is 1. The standard InChI is InChI=1S/C15H24BrN3O/c1-15(2,20)11-19-8-6-18(7-9-19)10-12-13(16)4-3-5-14(12)17/h3-5,20H,6-11,17H2,1-2H3. The second-order valence-corrected chi connectivity index (χ2v) is 7.03. The summed E-state index contributed by atoms with van der Waals surface area (Å²) in [5.74, 6) is 0. The minimum absolute atomic E-state index is 0.616. The number of nitrogens with zero attached hydrogens (tertiary/aromatic N) is 2. The van der Waals surface area contributed by atoms with Crippen LogP contribution in [0.5, 0.6) is 0 Å². The van der Waals surface area contributed by atoms with Crippen molar-refractivity contribution in [1.29, 1.82) is 0 Å². The number of hydrogen-bond acceptors (Lipinski definition) is 4. The van der Waals surface area contributed by atoms with Gasteiger partial charge in [-0.15, -0.1) is 0 Å². The molecule has 0 radical (unpaired) electrons. The number of rotatable bonds is 4. The Bertz CT molecular complexity index is 431. The molecule has 0 aliphatic carbocycles. The lowest BCUT2D eigenvalue weighted by atomic mass is 10.1. The Labute approximate surface area is 129 Å². The van der Waals surface area contributed by atoms with Crippen LogP contribution in [0.1, 0.15) is 19.4 Å². The Morgan fingerprint density at radius 3 is 2.35 bits per heavy atom. The molecule has 1 aliphatic rings. The van der Waals surface area contributed by atoms with Crippen LogP contribution in [-0.4, -0.2) is 53.2 Å². The molecule has 1 aromatic carbocycles. The van der Waals surface area contributed by atoms with E-state index >= 15 is 0 Å². The number of nitrogen functional groups attached to an aromatic ring is 1. The Morgan fingerprint density at radius 1 is 1.20 bits per heavy atom. The Hall–Kier alpha value is -0.620. The Balaban J connectivity index is 1.89. The predicted octanol–water partition coefficient (Wildman–Crippen LogP) is 1.92. The van der Waals surface area contributed by atoms with Gasteiger partial charge in [-0.3, -0.25) is 9.80 Å². The maximum Gasteiger partial charge on any atom is 0.0718 e. The molecule has 0 spiro atoms. The summed E-state index contributed by atoms with van der Waals surface area (Å²) < 4.78 is 1.08. The van der Waals surface area contributed by atoms with Crippen molar-refractivity contribution >= 4 is 21.6 Å².